The maximum absolute atomic E-state index is 11.7. The second kappa shape index (κ2) is 5.97. The maximum Gasteiger partial charge on any atom is 0.296 e. The Hall–Kier alpha value is -2.15. The summed E-state index contributed by atoms with van der Waals surface area (Å²) in [5, 5.41) is 22.7. The minimum atomic E-state index is -0.664. The fourth-order valence-electron chi connectivity index (χ4n) is 1.44. The summed E-state index contributed by atoms with van der Waals surface area (Å²) in [5.74, 6) is -1.13. The van der Waals surface area contributed by atoms with Crippen molar-refractivity contribution in [2.24, 2.45) is 11.7 Å². The van der Waals surface area contributed by atoms with Gasteiger partial charge in [0.25, 0.3) is 5.69 Å². The Morgan fingerprint density at radius 3 is 2.83 bits per heavy atom. The number of nitrogens with zero attached hydrogens (tertiary/aromatic N) is 1. The van der Waals surface area contributed by atoms with Crippen molar-refractivity contribution in [2.45, 2.75) is 13.3 Å². The van der Waals surface area contributed by atoms with Crippen LogP contribution >= 0.6 is 0 Å². The average molecular weight is 253 g/mol. The summed E-state index contributed by atoms with van der Waals surface area (Å²) in [6.07, 6.45) is 0.466. The van der Waals surface area contributed by atoms with Crippen LogP contribution in [0.2, 0.25) is 0 Å². The van der Waals surface area contributed by atoms with Crippen LogP contribution in [0.15, 0.2) is 18.2 Å². The Morgan fingerprint density at radius 1 is 1.61 bits per heavy atom. The third-order valence-electron chi connectivity index (χ3n) is 2.51. The van der Waals surface area contributed by atoms with Crippen LogP contribution in [0, 0.1) is 16.0 Å². The fourth-order valence-corrected chi connectivity index (χ4v) is 1.44. The summed E-state index contributed by atoms with van der Waals surface area (Å²) in [7, 11) is 0. The van der Waals surface area contributed by atoms with Crippen molar-refractivity contribution in [3.8, 4) is 5.75 Å². The number of hydrogen-bond donors (Lipinski definition) is 3. The van der Waals surface area contributed by atoms with Crippen LogP contribution in [0.3, 0.4) is 0 Å². The van der Waals surface area contributed by atoms with Crippen molar-refractivity contribution in [1.82, 2.24) is 0 Å². The fraction of sp³-hybridized carbons (Fsp3) is 0.364. The Morgan fingerprint density at radius 2 is 2.28 bits per heavy atom. The molecule has 7 nitrogen and oxygen atoms in total. The first-order valence-corrected chi connectivity index (χ1v) is 5.44. The molecule has 4 N–H and O–H groups in total. The third kappa shape index (κ3) is 3.17. The maximum atomic E-state index is 11.7. The zero-order chi connectivity index (χ0) is 13.7. The first-order chi connectivity index (χ1) is 8.47. The van der Waals surface area contributed by atoms with Gasteiger partial charge in [-0.1, -0.05) is 13.0 Å². The number of para-hydroxylation sites is 1. The van der Waals surface area contributed by atoms with Crippen LogP contribution in [-0.4, -0.2) is 22.5 Å². The largest absolute Gasteiger partial charge is 0.505 e. The van der Waals surface area contributed by atoms with Crippen molar-refractivity contribution in [2.75, 3.05) is 11.9 Å². The van der Waals surface area contributed by atoms with Crippen molar-refractivity contribution in [3.05, 3.63) is 28.3 Å². The molecule has 0 bridgehead atoms. The molecule has 0 heterocycles. The van der Waals surface area contributed by atoms with Crippen LogP contribution in [-0.2, 0) is 4.79 Å². The molecule has 0 radical (unpaired) electrons. The third-order valence-corrected chi connectivity index (χ3v) is 2.51. The van der Waals surface area contributed by atoms with E-state index < -0.39 is 10.8 Å². The van der Waals surface area contributed by atoms with E-state index in [1.54, 1.807) is 6.92 Å². The highest BCUT2D eigenvalue weighted by Crippen LogP contribution is 2.33. The van der Waals surface area contributed by atoms with Crippen molar-refractivity contribution >= 4 is 17.3 Å². The Bertz CT molecular complexity index is 462. The number of phenols is 1. The molecule has 0 aliphatic heterocycles. The summed E-state index contributed by atoms with van der Waals surface area (Å²) in [6, 6.07) is 3.82. The van der Waals surface area contributed by atoms with E-state index in [0.717, 1.165) is 0 Å². The summed E-state index contributed by atoms with van der Waals surface area (Å²) < 4.78 is 0. The van der Waals surface area contributed by atoms with E-state index in [-0.39, 0.29) is 23.0 Å². The molecule has 1 rings (SSSR count). The molecule has 1 aromatic rings. The number of nitrogens with two attached hydrogens (primary N) is 1. The molecule has 0 fully saturated rings. The van der Waals surface area contributed by atoms with E-state index in [1.807, 2.05) is 0 Å². The predicted octanol–water partition coefficient (Wildman–Crippen LogP) is 1.22. The van der Waals surface area contributed by atoms with Gasteiger partial charge in [0.2, 0.25) is 5.91 Å². The van der Waals surface area contributed by atoms with Gasteiger partial charge >= 0.3 is 0 Å². The highest BCUT2D eigenvalue weighted by Gasteiger charge is 2.21. The highest BCUT2D eigenvalue weighted by molar-refractivity contribution is 5.96. The molecule has 1 aromatic carbocycles. The SMILES string of the molecule is CC(CCN)C(=O)Nc1c(O)cccc1[N+](=O)[O-]. The number of phenolic OH excluding ortho intramolecular Hbond substituents is 1. The number of hydrogen-bond acceptors (Lipinski definition) is 5. The molecular formula is C11H15N3O4. The lowest BCUT2D eigenvalue weighted by atomic mass is 10.1. The van der Waals surface area contributed by atoms with E-state index in [0.29, 0.717) is 13.0 Å². The van der Waals surface area contributed by atoms with Crippen LogP contribution < -0.4 is 11.1 Å². The molecule has 0 aliphatic carbocycles. The molecule has 98 valence electrons. The van der Waals surface area contributed by atoms with Crippen LogP contribution in [0.25, 0.3) is 0 Å². The molecule has 1 atom stereocenters. The van der Waals surface area contributed by atoms with Gasteiger partial charge in [-0.15, -0.1) is 0 Å². The Labute approximate surface area is 104 Å². The van der Waals surface area contributed by atoms with Gasteiger partial charge in [0, 0.05) is 12.0 Å². The van der Waals surface area contributed by atoms with E-state index in [2.05, 4.69) is 5.32 Å². The van der Waals surface area contributed by atoms with Crippen molar-refractivity contribution in [1.29, 1.82) is 0 Å². The number of rotatable bonds is 5. The summed E-state index contributed by atoms with van der Waals surface area (Å²) >= 11 is 0. The Kier molecular flexibility index (Phi) is 4.61. The number of carbonyl (C=O) groups is 1. The van der Waals surface area contributed by atoms with Gasteiger partial charge in [0.05, 0.1) is 4.92 Å². The summed E-state index contributed by atoms with van der Waals surface area (Å²) in [6.45, 7) is 2.01. The van der Waals surface area contributed by atoms with Crippen LogP contribution in [0.4, 0.5) is 11.4 Å². The van der Waals surface area contributed by atoms with Gasteiger partial charge in [0.1, 0.15) is 5.75 Å². The van der Waals surface area contributed by atoms with Gasteiger partial charge in [-0.25, -0.2) is 0 Å². The van der Waals surface area contributed by atoms with Crippen LogP contribution in [0.5, 0.6) is 5.75 Å². The highest BCUT2D eigenvalue weighted by atomic mass is 16.6. The number of aromatic hydroxyl groups is 1. The minimum absolute atomic E-state index is 0.184. The normalized spacial score (nSPS) is 11.9. The predicted molar refractivity (Wildman–Crippen MR) is 66.2 cm³/mol. The second-order valence-electron chi connectivity index (χ2n) is 3.90. The molecule has 0 aromatic heterocycles. The zero-order valence-electron chi connectivity index (χ0n) is 9.92. The minimum Gasteiger partial charge on any atom is -0.505 e. The molecule has 0 saturated heterocycles. The van der Waals surface area contributed by atoms with Gasteiger partial charge in [-0.05, 0) is 19.0 Å². The van der Waals surface area contributed by atoms with Gasteiger partial charge in [0.15, 0.2) is 5.69 Å². The topological polar surface area (TPSA) is 118 Å². The number of anilines is 1. The van der Waals surface area contributed by atoms with Gasteiger partial charge in [-0.2, -0.15) is 0 Å². The van der Waals surface area contributed by atoms with E-state index >= 15 is 0 Å². The van der Waals surface area contributed by atoms with Gasteiger partial charge < -0.3 is 16.2 Å². The number of benzene rings is 1. The lowest BCUT2D eigenvalue weighted by molar-refractivity contribution is -0.384. The lowest BCUT2D eigenvalue weighted by Crippen LogP contribution is -2.23. The molecule has 7 heteroatoms. The number of carbonyl (C=O) groups excluding carboxylic acids is 1. The standard InChI is InChI=1S/C11H15N3O4/c1-7(5-6-12)11(16)13-10-8(14(17)18)3-2-4-9(10)15/h2-4,7,15H,5-6,12H2,1H3,(H,13,16). The average Bonchev–Trinajstić information content (AvgIpc) is 2.31. The molecule has 18 heavy (non-hydrogen) atoms. The second-order valence-corrected chi connectivity index (χ2v) is 3.90. The molecule has 0 aliphatic rings. The monoisotopic (exact) mass is 253 g/mol. The number of nitrogens with one attached hydrogen (secondary N) is 1. The summed E-state index contributed by atoms with van der Waals surface area (Å²) in [5.41, 5.74) is 4.80. The van der Waals surface area contributed by atoms with Crippen molar-refractivity contribution in [3.63, 3.8) is 0 Å². The van der Waals surface area contributed by atoms with E-state index in [1.165, 1.54) is 18.2 Å². The first kappa shape index (κ1) is 13.9. The van der Waals surface area contributed by atoms with Gasteiger partial charge in [-0.3, -0.25) is 14.9 Å². The quantitative estimate of drug-likeness (QED) is 0.414. The molecular weight excluding hydrogens is 238 g/mol. The van der Waals surface area contributed by atoms with Crippen LogP contribution in [0.1, 0.15) is 13.3 Å². The Balaban J connectivity index is 2.96. The molecule has 1 amide bonds. The molecule has 0 saturated carbocycles. The van der Waals surface area contributed by atoms with E-state index in [9.17, 15) is 20.0 Å². The van der Waals surface area contributed by atoms with E-state index in [4.69, 9.17) is 5.73 Å². The molecule has 1 unspecified atom stereocenters. The van der Waals surface area contributed by atoms with Crippen molar-refractivity contribution < 1.29 is 14.8 Å². The number of nitro benzene ring substituents is 1. The smallest absolute Gasteiger partial charge is 0.296 e. The summed E-state index contributed by atoms with van der Waals surface area (Å²) in [4.78, 5) is 21.8. The number of nitro groups is 1. The zero-order valence-corrected chi connectivity index (χ0v) is 9.92. The lowest BCUT2D eigenvalue weighted by Gasteiger charge is -2.12. The number of amides is 1. The first-order valence-electron chi connectivity index (χ1n) is 5.44. The molecule has 0 spiro atoms.